The Balaban J connectivity index is 2.30. The number of hydrogen-bond donors (Lipinski definition) is 1. The number of β-amino-alcohol motifs (C(OH)–C–C–N with tert-alkyl or cyclic N) is 1. The van der Waals surface area contributed by atoms with Crippen molar-refractivity contribution in [3.05, 3.63) is 0 Å². The van der Waals surface area contributed by atoms with Crippen molar-refractivity contribution in [1.82, 2.24) is 4.90 Å². The molecule has 78 valence electrons. The minimum atomic E-state index is -0.199. The summed E-state index contributed by atoms with van der Waals surface area (Å²) in [6, 6.07) is 0. The quantitative estimate of drug-likeness (QED) is 0.734. The Bertz CT molecular complexity index is 149. The van der Waals surface area contributed by atoms with Gasteiger partial charge in [0.1, 0.15) is 0 Å². The molecule has 1 fully saturated rings. The predicted octanol–water partition coefficient (Wildman–Crippen LogP) is 1.44. The molecule has 1 aliphatic rings. The van der Waals surface area contributed by atoms with Crippen LogP contribution in [0.5, 0.6) is 0 Å². The first-order valence-corrected chi connectivity index (χ1v) is 6.14. The molecule has 2 nitrogen and oxygen atoms in total. The Morgan fingerprint density at radius 3 is 2.31 bits per heavy atom. The molecule has 1 aliphatic heterocycles. The Morgan fingerprint density at radius 1 is 1.31 bits per heavy atom. The molecule has 1 saturated heterocycles. The molecule has 1 N–H and O–H groups in total. The van der Waals surface area contributed by atoms with Crippen LogP contribution in [-0.4, -0.2) is 47.3 Å². The minimum Gasteiger partial charge on any atom is -0.391 e. The smallest absolute Gasteiger partial charge is 0.0715 e. The van der Waals surface area contributed by atoms with Gasteiger partial charge in [-0.25, -0.2) is 0 Å². The summed E-state index contributed by atoms with van der Waals surface area (Å²) in [5, 5.41) is 9.89. The van der Waals surface area contributed by atoms with E-state index in [0.29, 0.717) is 0 Å². The largest absolute Gasteiger partial charge is 0.391 e. The number of nitrogens with zero attached hydrogens (tertiary/aromatic N) is 1. The van der Waals surface area contributed by atoms with Crippen LogP contribution in [-0.2, 0) is 0 Å². The zero-order valence-electron chi connectivity index (χ0n) is 8.92. The highest BCUT2D eigenvalue weighted by Gasteiger charge is 2.24. The van der Waals surface area contributed by atoms with Crippen LogP contribution in [0.15, 0.2) is 0 Å². The van der Waals surface area contributed by atoms with Crippen LogP contribution in [0.25, 0.3) is 0 Å². The van der Waals surface area contributed by atoms with Gasteiger partial charge in [-0.15, -0.1) is 0 Å². The molecule has 1 heterocycles. The average molecular weight is 203 g/mol. The van der Waals surface area contributed by atoms with Crippen LogP contribution in [0.1, 0.15) is 20.8 Å². The van der Waals surface area contributed by atoms with Gasteiger partial charge in [-0.3, -0.25) is 4.90 Å². The topological polar surface area (TPSA) is 23.5 Å². The molecule has 0 bridgehead atoms. The monoisotopic (exact) mass is 203 g/mol. The molecule has 0 aromatic carbocycles. The van der Waals surface area contributed by atoms with Crippen LogP contribution in [0.3, 0.4) is 0 Å². The molecule has 1 unspecified atom stereocenters. The fraction of sp³-hybridized carbons (Fsp3) is 1.00. The van der Waals surface area contributed by atoms with Crippen molar-refractivity contribution in [2.45, 2.75) is 26.9 Å². The molecular formula is C10H21NOS. The third-order valence-corrected chi connectivity index (χ3v) is 3.48. The fourth-order valence-corrected chi connectivity index (χ4v) is 2.28. The molecule has 0 radical (unpaired) electrons. The lowest BCUT2D eigenvalue weighted by atomic mass is 9.89. The van der Waals surface area contributed by atoms with Crippen molar-refractivity contribution in [3.8, 4) is 0 Å². The van der Waals surface area contributed by atoms with Gasteiger partial charge in [-0.1, -0.05) is 20.8 Å². The Morgan fingerprint density at radius 2 is 1.85 bits per heavy atom. The average Bonchev–Trinajstić information content (AvgIpc) is 2.04. The second-order valence-corrected chi connectivity index (χ2v) is 6.02. The van der Waals surface area contributed by atoms with E-state index in [-0.39, 0.29) is 11.5 Å². The van der Waals surface area contributed by atoms with Gasteiger partial charge in [0.15, 0.2) is 0 Å². The maximum atomic E-state index is 9.89. The van der Waals surface area contributed by atoms with E-state index < -0.39 is 0 Å². The molecule has 13 heavy (non-hydrogen) atoms. The van der Waals surface area contributed by atoms with Crippen molar-refractivity contribution in [1.29, 1.82) is 0 Å². The van der Waals surface area contributed by atoms with Crippen molar-refractivity contribution >= 4 is 11.8 Å². The Kier molecular flexibility index (Phi) is 4.07. The molecule has 0 saturated carbocycles. The van der Waals surface area contributed by atoms with Gasteiger partial charge in [0.05, 0.1) is 6.10 Å². The summed E-state index contributed by atoms with van der Waals surface area (Å²) >= 11 is 2.01. The molecule has 1 rings (SSSR count). The molecule has 0 amide bonds. The van der Waals surface area contributed by atoms with E-state index in [1.807, 2.05) is 11.8 Å². The van der Waals surface area contributed by atoms with Gasteiger partial charge < -0.3 is 5.11 Å². The number of rotatable bonds is 2. The third kappa shape index (κ3) is 3.88. The summed E-state index contributed by atoms with van der Waals surface area (Å²) < 4.78 is 0. The van der Waals surface area contributed by atoms with E-state index >= 15 is 0 Å². The van der Waals surface area contributed by atoms with E-state index in [9.17, 15) is 5.11 Å². The zero-order chi connectivity index (χ0) is 9.90. The number of hydrogen-bond acceptors (Lipinski definition) is 3. The van der Waals surface area contributed by atoms with Crippen molar-refractivity contribution in [3.63, 3.8) is 0 Å². The van der Waals surface area contributed by atoms with Gasteiger partial charge in [0.2, 0.25) is 0 Å². The summed E-state index contributed by atoms with van der Waals surface area (Å²) in [6.45, 7) is 9.39. The third-order valence-electron chi connectivity index (χ3n) is 2.53. The van der Waals surface area contributed by atoms with E-state index in [4.69, 9.17) is 0 Å². The lowest BCUT2D eigenvalue weighted by Gasteiger charge is -2.33. The van der Waals surface area contributed by atoms with Crippen LogP contribution < -0.4 is 0 Å². The lowest BCUT2D eigenvalue weighted by molar-refractivity contribution is 0.0310. The van der Waals surface area contributed by atoms with E-state index in [1.165, 1.54) is 11.5 Å². The standard InChI is InChI=1S/C10H21NOS/c1-10(2,3)9(12)8-11-4-6-13-7-5-11/h9,12H,4-8H2,1-3H3. The molecular weight excluding hydrogens is 182 g/mol. The van der Waals surface area contributed by atoms with Gasteiger partial charge in [0.25, 0.3) is 0 Å². The van der Waals surface area contributed by atoms with E-state index in [2.05, 4.69) is 25.7 Å². The van der Waals surface area contributed by atoms with Crippen LogP contribution >= 0.6 is 11.8 Å². The second-order valence-electron chi connectivity index (χ2n) is 4.79. The van der Waals surface area contributed by atoms with Crippen molar-refractivity contribution in [2.75, 3.05) is 31.1 Å². The summed E-state index contributed by atoms with van der Waals surface area (Å²) in [5.74, 6) is 2.44. The summed E-state index contributed by atoms with van der Waals surface area (Å²) in [7, 11) is 0. The Labute approximate surface area is 85.7 Å². The molecule has 1 atom stereocenters. The highest BCUT2D eigenvalue weighted by atomic mass is 32.2. The highest BCUT2D eigenvalue weighted by molar-refractivity contribution is 7.99. The SMILES string of the molecule is CC(C)(C)C(O)CN1CCSCC1. The number of thioether (sulfide) groups is 1. The first-order valence-electron chi connectivity index (χ1n) is 4.98. The minimum absolute atomic E-state index is 0.0184. The van der Waals surface area contributed by atoms with E-state index in [1.54, 1.807) is 0 Å². The van der Waals surface area contributed by atoms with Gasteiger partial charge in [-0.2, -0.15) is 11.8 Å². The maximum Gasteiger partial charge on any atom is 0.0715 e. The maximum absolute atomic E-state index is 9.89. The predicted molar refractivity (Wildman–Crippen MR) is 59.2 cm³/mol. The zero-order valence-corrected chi connectivity index (χ0v) is 9.73. The first kappa shape index (κ1) is 11.3. The van der Waals surface area contributed by atoms with Gasteiger partial charge >= 0.3 is 0 Å². The number of aliphatic hydroxyl groups excluding tert-OH is 1. The molecule has 0 aliphatic carbocycles. The summed E-state index contributed by atoms with van der Waals surface area (Å²) in [5.41, 5.74) is 0.0184. The van der Waals surface area contributed by atoms with Gasteiger partial charge in [0, 0.05) is 31.1 Å². The molecule has 3 heteroatoms. The van der Waals surface area contributed by atoms with Crippen LogP contribution in [0.4, 0.5) is 0 Å². The molecule has 0 aromatic rings. The summed E-state index contributed by atoms with van der Waals surface area (Å²) in [4.78, 5) is 2.37. The van der Waals surface area contributed by atoms with Crippen molar-refractivity contribution < 1.29 is 5.11 Å². The fourth-order valence-electron chi connectivity index (χ4n) is 1.30. The second kappa shape index (κ2) is 4.67. The van der Waals surface area contributed by atoms with Gasteiger partial charge in [-0.05, 0) is 5.41 Å². The first-order chi connectivity index (χ1) is 6.00. The normalized spacial score (nSPS) is 23.1. The number of aliphatic hydroxyl groups is 1. The van der Waals surface area contributed by atoms with Crippen LogP contribution in [0.2, 0.25) is 0 Å². The Hall–Kier alpha value is 0.270. The molecule has 0 spiro atoms. The van der Waals surface area contributed by atoms with Crippen molar-refractivity contribution in [2.24, 2.45) is 5.41 Å². The summed E-state index contributed by atoms with van der Waals surface area (Å²) in [6.07, 6.45) is -0.199. The van der Waals surface area contributed by atoms with E-state index in [0.717, 1.165) is 19.6 Å². The van der Waals surface area contributed by atoms with Crippen LogP contribution in [0, 0.1) is 5.41 Å². The molecule has 0 aromatic heterocycles. The highest BCUT2D eigenvalue weighted by Crippen LogP contribution is 2.20. The lowest BCUT2D eigenvalue weighted by Crippen LogP contribution is -2.43.